The Balaban J connectivity index is 1.98. The van der Waals surface area contributed by atoms with Crippen LogP contribution >= 0.6 is 27.7 Å². The Kier molecular flexibility index (Phi) is 5.02. The molecule has 0 amide bonds. The number of aromatic nitrogens is 1. The number of nitrogens with zero attached hydrogens (tertiary/aromatic N) is 1. The van der Waals surface area contributed by atoms with E-state index in [0.29, 0.717) is 0 Å². The van der Waals surface area contributed by atoms with Gasteiger partial charge in [-0.3, -0.25) is 0 Å². The molecule has 1 aromatic heterocycles. The second-order valence-electron chi connectivity index (χ2n) is 4.58. The summed E-state index contributed by atoms with van der Waals surface area (Å²) in [4.78, 5) is 4.34. The maximum absolute atomic E-state index is 6.23. The minimum atomic E-state index is 0.0368. The fourth-order valence-electron chi connectivity index (χ4n) is 1.71. The lowest BCUT2D eigenvalue weighted by atomic mass is 10.0. The lowest BCUT2D eigenvalue weighted by Crippen LogP contribution is -2.13. The molecule has 19 heavy (non-hydrogen) atoms. The van der Waals surface area contributed by atoms with Crippen LogP contribution in [0.15, 0.2) is 46.0 Å². The van der Waals surface area contributed by atoms with E-state index in [-0.39, 0.29) is 6.04 Å². The average Bonchev–Trinajstić information content (AvgIpc) is 2.41. The van der Waals surface area contributed by atoms with Crippen LogP contribution in [-0.2, 0) is 0 Å². The van der Waals surface area contributed by atoms with E-state index in [0.717, 1.165) is 15.3 Å². The lowest BCUT2D eigenvalue weighted by Gasteiger charge is -2.13. The SMILES string of the molecule is Cc1ccc(C(N)CSc2ccc(Br)cn2)cc1C. The molecular weight excluding hydrogens is 320 g/mol. The number of rotatable bonds is 4. The molecule has 0 radical (unpaired) electrons. The highest BCUT2D eigenvalue weighted by Gasteiger charge is 2.08. The number of hydrogen-bond acceptors (Lipinski definition) is 3. The molecule has 0 fully saturated rings. The highest BCUT2D eigenvalue weighted by molar-refractivity contribution is 9.10. The van der Waals surface area contributed by atoms with E-state index in [4.69, 9.17) is 5.73 Å². The summed E-state index contributed by atoms with van der Waals surface area (Å²) < 4.78 is 0.996. The van der Waals surface area contributed by atoms with Crippen molar-refractivity contribution in [2.75, 3.05) is 5.75 Å². The molecule has 0 saturated heterocycles. The fraction of sp³-hybridized carbons (Fsp3) is 0.267. The van der Waals surface area contributed by atoms with Gasteiger partial charge in [0.15, 0.2) is 0 Å². The van der Waals surface area contributed by atoms with E-state index in [9.17, 15) is 0 Å². The first kappa shape index (κ1) is 14.6. The summed E-state index contributed by atoms with van der Waals surface area (Å²) in [6.45, 7) is 4.24. The van der Waals surface area contributed by atoms with Crippen molar-refractivity contribution in [3.05, 3.63) is 57.7 Å². The van der Waals surface area contributed by atoms with Crippen molar-refractivity contribution in [3.63, 3.8) is 0 Å². The molecule has 4 heteroatoms. The predicted molar refractivity (Wildman–Crippen MR) is 85.5 cm³/mol. The average molecular weight is 337 g/mol. The van der Waals surface area contributed by atoms with Crippen LogP contribution in [-0.4, -0.2) is 10.7 Å². The van der Waals surface area contributed by atoms with Crippen LogP contribution < -0.4 is 5.73 Å². The third kappa shape index (κ3) is 4.06. The van der Waals surface area contributed by atoms with Crippen LogP contribution in [0.2, 0.25) is 0 Å². The molecular formula is C15H17BrN2S. The van der Waals surface area contributed by atoms with Gasteiger partial charge in [-0.15, -0.1) is 11.8 Å². The smallest absolute Gasteiger partial charge is 0.0961 e. The first-order valence-corrected chi connectivity index (χ1v) is 7.91. The summed E-state index contributed by atoms with van der Waals surface area (Å²) in [5, 5.41) is 1.00. The van der Waals surface area contributed by atoms with Crippen molar-refractivity contribution < 1.29 is 0 Å². The quantitative estimate of drug-likeness (QED) is 0.848. The van der Waals surface area contributed by atoms with E-state index in [1.807, 2.05) is 18.3 Å². The third-order valence-electron chi connectivity index (χ3n) is 3.07. The second-order valence-corrected chi connectivity index (χ2v) is 6.53. The molecule has 100 valence electrons. The molecule has 0 bridgehead atoms. The summed E-state index contributed by atoms with van der Waals surface area (Å²) >= 11 is 5.07. The number of thioether (sulfide) groups is 1. The van der Waals surface area contributed by atoms with Crippen LogP contribution in [0.4, 0.5) is 0 Å². The van der Waals surface area contributed by atoms with Crippen molar-refractivity contribution in [2.24, 2.45) is 5.73 Å². The van der Waals surface area contributed by atoms with Crippen molar-refractivity contribution in [1.29, 1.82) is 0 Å². The highest BCUT2D eigenvalue weighted by Crippen LogP contribution is 2.24. The molecule has 0 spiro atoms. The van der Waals surface area contributed by atoms with Crippen LogP contribution in [0, 0.1) is 13.8 Å². The van der Waals surface area contributed by atoms with Crippen LogP contribution in [0.1, 0.15) is 22.7 Å². The van der Waals surface area contributed by atoms with Gasteiger partial charge >= 0.3 is 0 Å². The molecule has 1 aromatic carbocycles. The second kappa shape index (κ2) is 6.55. The Morgan fingerprint density at radius 1 is 1.21 bits per heavy atom. The Morgan fingerprint density at radius 2 is 2.00 bits per heavy atom. The molecule has 1 heterocycles. The van der Waals surface area contributed by atoms with Crippen LogP contribution in [0.25, 0.3) is 0 Å². The molecule has 0 aliphatic carbocycles. The first-order chi connectivity index (χ1) is 9.06. The van der Waals surface area contributed by atoms with Gasteiger partial charge in [0, 0.05) is 22.5 Å². The van der Waals surface area contributed by atoms with Crippen molar-refractivity contribution >= 4 is 27.7 Å². The van der Waals surface area contributed by atoms with Crippen molar-refractivity contribution in [2.45, 2.75) is 24.9 Å². The standard InChI is InChI=1S/C15H17BrN2S/c1-10-3-4-12(7-11(10)2)14(17)9-19-15-6-5-13(16)8-18-15/h3-8,14H,9,17H2,1-2H3. The number of benzene rings is 1. The minimum Gasteiger partial charge on any atom is -0.323 e. The van der Waals surface area contributed by atoms with Gasteiger partial charge in [-0.1, -0.05) is 18.2 Å². The molecule has 0 aliphatic heterocycles. The Labute approximate surface area is 126 Å². The summed E-state index contributed by atoms with van der Waals surface area (Å²) in [5.74, 6) is 0.830. The third-order valence-corrected chi connectivity index (χ3v) is 4.60. The fourth-order valence-corrected chi connectivity index (χ4v) is 2.78. The van der Waals surface area contributed by atoms with Crippen molar-refractivity contribution in [3.8, 4) is 0 Å². The lowest BCUT2D eigenvalue weighted by molar-refractivity contribution is 0.827. The highest BCUT2D eigenvalue weighted by atomic mass is 79.9. The molecule has 1 atom stereocenters. The largest absolute Gasteiger partial charge is 0.323 e. The van der Waals surface area contributed by atoms with E-state index in [2.05, 4.69) is 53.0 Å². The molecule has 2 aromatic rings. The van der Waals surface area contributed by atoms with E-state index in [1.165, 1.54) is 16.7 Å². The summed E-state index contributed by atoms with van der Waals surface area (Å²) in [7, 11) is 0. The maximum atomic E-state index is 6.23. The monoisotopic (exact) mass is 336 g/mol. The van der Waals surface area contributed by atoms with Crippen molar-refractivity contribution in [1.82, 2.24) is 4.98 Å². The normalized spacial score (nSPS) is 12.4. The number of pyridine rings is 1. The number of aryl methyl sites for hydroxylation is 2. The van der Waals surface area contributed by atoms with E-state index in [1.54, 1.807) is 11.8 Å². The summed E-state index contributed by atoms with van der Waals surface area (Å²) in [5.41, 5.74) is 10.0. The molecule has 2 rings (SSSR count). The number of nitrogens with two attached hydrogens (primary N) is 1. The van der Waals surface area contributed by atoms with Crippen LogP contribution in [0.5, 0.6) is 0 Å². The molecule has 2 nitrogen and oxygen atoms in total. The minimum absolute atomic E-state index is 0.0368. The summed E-state index contributed by atoms with van der Waals surface area (Å²) in [6.07, 6.45) is 1.81. The zero-order valence-electron chi connectivity index (χ0n) is 11.1. The topological polar surface area (TPSA) is 38.9 Å². The Hall–Kier alpha value is -0.840. The molecule has 0 saturated carbocycles. The van der Waals surface area contributed by atoms with Gasteiger partial charge < -0.3 is 5.73 Å². The molecule has 0 aliphatic rings. The number of halogens is 1. The zero-order chi connectivity index (χ0) is 13.8. The molecule has 1 unspecified atom stereocenters. The van der Waals surface area contributed by atoms with Gasteiger partial charge in [0.05, 0.1) is 5.03 Å². The maximum Gasteiger partial charge on any atom is 0.0961 e. The van der Waals surface area contributed by atoms with E-state index >= 15 is 0 Å². The Bertz CT molecular complexity index is 555. The van der Waals surface area contributed by atoms with Gasteiger partial charge in [-0.05, 0) is 58.6 Å². The number of hydrogen-bond donors (Lipinski definition) is 1. The Morgan fingerprint density at radius 3 is 2.63 bits per heavy atom. The van der Waals surface area contributed by atoms with Gasteiger partial charge in [0.1, 0.15) is 0 Å². The van der Waals surface area contributed by atoms with Gasteiger partial charge in [-0.2, -0.15) is 0 Å². The predicted octanol–water partition coefficient (Wildman–Crippen LogP) is 4.25. The van der Waals surface area contributed by atoms with Gasteiger partial charge in [-0.25, -0.2) is 4.98 Å². The molecule has 2 N–H and O–H groups in total. The van der Waals surface area contributed by atoms with E-state index < -0.39 is 0 Å². The van der Waals surface area contributed by atoms with Gasteiger partial charge in [0.2, 0.25) is 0 Å². The van der Waals surface area contributed by atoms with Gasteiger partial charge in [0.25, 0.3) is 0 Å². The first-order valence-electron chi connectivity index (χ1n) is 6.13. The zero-order valence-corrected chi connectivity index (χ0v) is 13.5. The summed E-state index contributed by atoms with van der Waals surface area (Å²) in [6, 6.07) is 10.5. The van der Waals surface area contributed by atoms with Crippen LogP contribution in [0.3, 0.4) is 0 Å².